The molecular formula is C24H36N2O2. The third kappa shape index (κ3) is 2.67. The van der Waals surface area contributed by atoms with Gasteiger partial charge in [0.15, 0.2) is 0 Å². The van der Waals surface area contributed by atoms with Crippen molar-refractivity contribution in [2.24, 2.45) is 41.5 Å². The Kier molecular flexibility index (Phi) is 4.34. The van der Waals surface area contributed by atoms with Gasteiger partial charge in [-0.1, -0.05) is 19.9 Å². The van der Waals surface area contributed by atoms with E-state index in [1.165, 1.54) is 31.3 Å². The lowest BCUT2D eigenvalue weighted by Crippen LogP contribution is -2.54. The van der Waals surface area contributed by atoms with Crippen molar-refractivity contribution in [1.82, 2.24) is 9.78 Å². The molecule has 0 radical (unpaired) electrons. The lowest BCUT2D eigenvalue weighted by molar-refractivity contribution is -0.133. The summed E-state index contributed by atoms with van der Waals surface area (Å²) in [6.45, 7) is 4.88. The van der Waals surface area contributed by atoms with Crippen molar-refractivity contribution in [2.75, 3.05) is 0 Å². The second kappa shape index (κ2) is 6.43. The molecule has 8 atom stereocenters. The van der Waals surface area contributed by atoms with Gasteiger partial charge in [0.1, 0.15) is 0 Å². The van der Waals surface area contributed by atoms with Gasteiger partial charge in [-0.2, -0.15) is 5.10 Å². The Morgan fingerprint density at radius 2 is 1.86 bits per heavy atom. The zero-order valence-corrected chi connectivity index (χ0v) is 17.6. The van der Waals surface area contributed by atoms with Crippen LogP contribution in [0, 0.1) is 34.5 Å². The van der Waals surface area contributed by atoms with Gasteiger partial charge in [-0.15, -0.1) is 0 Å². The maximum Gasteiger partial charge on any atom is 0.0809 e. The number of aliphatic hydroxyl groups excluding tert-OH is 2. The van der Waals surface area contributed by atoms with Gasteiger partial charge in [0.2, 0.25) is 0 Å². The quantitative estimate of drug-likeness (QED) is 0.764. The van der Waals surface area contributed by atoms with E-state index >= 15 is 0 Å². The Morgan fingerprint density at radius 1 is 1.07 bits per heavy atom. The molecule has 0 unspecified atom stereocenters. The minimum absolute atomic E-state index is 0.0204. The Bertz CT molecular complexity index is 785. The molecule has 4 nitrogen and oxygen atoms in total. The third-order valence-corrected chi connectivity index (χ3v) is 9.58. The predicted molar refractivity (Wildman–Crippen MR) is 110 cm³/mol. The summed E-state index contributed by atoms with van der Waals surface area (Å²) in [4.78, 5) is 0. The van der Waals surface area contributed by atoms with Crippen LogP contribution in [0.5, 0.6) is 0 Å². The minimum atomic E-state index is -0.322. The second-order valence-electron chi connectivity index (χ2n) is 10.9. The summed E-state index contributed by atoms with van der Waals surface area (Å²) in [5.74, 6) is 2.78. The Labute approximate surface area is 169 Å². The van der Waals surface area contributed by atoms with E-state index in [4.69, 9.17) is 0 Å². The summed E-state index contributed by atoms with van der Waals surface area (Å²) in [6, 6.07) is 0. The third-order valence-electron chi connectivity index (χ3n) is 9.58. The van der Waals surface area contributed by atoms with Crippen molar-refractivity contribution in [3.63, 3.8) is 0 Å². The normalized spacial score (nSPS) is 49.5. The van der Waals surface area contributed by atoms with Gasteiger partial charge >= 0.3 is 0 Å². The molecule has 0 amide bonds. The minimum Gasteiger partial charge on any atom is -0.393 e. The average Bonchev–Trinajstić information content (AvgIpc) is 3.18. The summed E-state index contributed by atoms with van der Waals surface area (Å²) in [5, 5.41) is 25.8. The second-order valence-corrected chi connectivity index (χ2v) is 10.9. The van der Waals surface area contributed by atoms with Crippen LogP contribution in [0.2, 0.25) is 0 Å². The Hall–Kier alpha value is -1.13. The standard InChI is InChI=1S/C24H36N2O2/c1-23-8-6-18(27)12-17(23)4-5-19-20(23)7-9-24(2)21(19)11-16(22(24)28)10-15-13-25-26(3)14-15/h10,13-14,17-22,27-28H,4-9,11-12H2,1-3H3/b16-10-/t17-,18-,19+,20-,21-,22+,23-,24-/m0/s1. The molecule has 28 heavy (non-hydrogen) atoms. The average molecular weight is 385 g/mol. The van der Waals surface area contributed by atoms with E-state index in [2.05, 4.69) is 25.0 Å². The zero-order valence-electron chi connectivity index (χ0n) is 17.6. The van der Waals surface area contributed by atoms with Gasteiger partial charge in [0, 0.05) is 24.2 Å². The van der Waals surface area contributed by atoms with Crippen molar-refractivity contribution >= 4 is 6.08 Å². The SMILES string of the molecule is Cn1cc(/C=C2/C[C@H]3[C@@H]4CC[C@H]5C[C@@H](O)CC[C@]5(C)[C@H]4CC[C@]3(C)[C@@H]2O)cn1. The Balaban J connectivity index is 1.44. The lowest BCUT2D eigenvalue weighted by Gasteiger charge is -2.60. The molecule has 0 aliphatic heterocycles. The van der Waals surface area contributed by atoms with E-state index in [1.54, 1.807) is 0 Å². The zero-order chi connectivity index (χ0) is 19.7. The topological polar surface area (TPSA) is 58.3 Å². The highest BCUT2D eigenvalue weighted by Gasteiger charge is 2.61. The lowest BCUT2D eigenvalue weighted by atomic mass is 9.45. The fraction of sp³-hybridized carbons (Fsp3) is 0.792. The van der Waals surface area contributed by atoms with Crippen molar-refractivity contribution in [3.8, 4) is 0 Å². The van der Waals surface area contributed by atoms with Gasteiger partial charge in [0.05, 0.1) is 18.4 Å². The summed E-state index contributed by atoms with van der Waals surface area (Å²) in [5.41, 5.74) is 2.73. The van der Waals surface area contributed by atoms with Crippen LogP contribution in [0.4, 0.5) is 0 Å². The van der Waals surface area contributed by atoms with Gasteiger partial charge in [0.25, 0.3) is 0 Å². The van der Waals surface area contributed by atoms with Crippen LogP contribution in [0.25, 0.3) is 6.08 Å². The number of hydrogen-bond acceptors (Lipinski definition) is 3. The smallest absolute Gasteiger partial charge is 0.0809 e. The van der Waals surface area contributed by atoms with Crippen molar-refractivity contribution in [2.45, 2.75) is 77.4 Å². The number of hydrogen-bond donors (Lipinski definition) is 2. The first-order chi connectivity index (χ1) is 13.3. The summed E-state index contributed by atoms with van der Waals surface area (Å²) < 4.78 is 1.83. The highest BCUT2D eigenvalue weighted by atomic mass is 16.3. The summed E-state index contributed by atoms with van der Waals surface area (Å²) in [7, 11) is 1.94. The molecule has 0 bridgehead atoms. The van der Waals surface area contributed by atoms with Crippen LogP contribution in [-0.2, 0) is 7.05 Å². The van der Waals surface area contributed by atoms with Gasteiger partial charge in [-0.05, 0) is 86.0 Å². The largest absolute Gasteiger partial charge is 0.393 e. The monoisotopic (exact) mass is 384 g/mol. The van der Waals surface area contributed by atoms with E-state index in [9.17, 15) is 10.2 Å². The van der Waals surface area contributed by atoms with Crippen LogP contribution < -0.4 is 0 Å². The number of aromatic nitrogens is 2. The molecule has 4 fully saturated rings. The van der Waals surface area contributed by atoms with E-state index in [0.717, 1.165) is 43.1 Å². The van der Waals surface area contributed by atoms with Crippen molar-refractivity contribution < 1.29 is 10.2 Å². The molecule has 0 saturated heterocycles. The van der Waals surface area contributed by atoms with Crippen LogP contribution in [0.15, 0.2) is 18.0 Å². The van der Waals surface area contributed by atoms with E-state index < -0.39 is 0 Å². The molecule has 4 saturated carbocycles. The van der Waals surface area contributed by atoms with Crippen LogP contribution >= 0.6 is 0 Å². The van der Waals surface area contributed by atoms with Crippen molar-refractivity contribution in [3.05, 3.63) is 23.5 Å². The maximum absolute atomic E-state index is 11.3. The fourth-order valence-corrected chi connectivity index (χ4v) is 7.96. The Morgan fingerprint density at radius 3 is 2.61 bits per heavy atom. The van der Waals surface area contributed by atoms with E-state index in [-0.39, 0.29) is 17.6 Å². The molecule has 4 aliphatic rings. The summed E-state index contributed by atoms with van der Waals surface area (Å²) >= 11 is 0. The summed E-state index contributed by atoms with van der Waals surface area (Å²) in [6.07, 6.45) is 14.9. The number of aliphatic hydroxyl groups is 2. The number of rotatable bonds is 1. The first-order valence-corrected chi connectivity index (χ1v) is 11.4. The van der Waals surface area contributed by atoms with E-state index in [1.807, 2.05) is 24.1 Å². The van der Waals surface area contributed by atoms with Gasteiger partial charge < -0.3 is 10.2 Å². The van der Waals surface area contributed by atoms with Crippen molar-refractivity contribution in [1.29, 1.82) is 0 Å². The molecule has 4 heteroatoms. The van der Waals surface area contributed by atoms with Crippen LogP contribution in [0.3, 0.4) is 0 Å². The number of fused-ring (bicyclic) bond motifs is 5. The molecule has 0 aromatic carbocycles. The first-order valence-electron chi connectivity index (χ1n) is 11.4. The molecule has 154 valence electrons. The molecular weight excluding hydrogens is 348 g/mol. The molecule has 5 rings (SSSR count). The van der Waals surface area contributed by atoms with Gasteiger partial charge in [-0.3, -0.25) is 4.68 Å². The molecule has 1 heterocycles. The molecule has 2 N–H and O–H groups in total. The highest BCUT2D eigenvalue weighted by Crippen LogP contribution is 2.67. The first kappa shape index (κ1) is 18.9. The maximum atomic E-state index is 11.3. The molecule has 0 spiro atoms. The van der Waals surface area contributed by atoms with Gasteiger partial charge in [-0.25, -0.2) is 0 Å². The number of aryl methyl sites for hydroxylation is 1. The van der Waals surface area contributed by atoms with E-state index in [0.29, 0.717) is 17.3 Å². The van der Waals surface area contributed by atoms with Crippen LogP contribution in [0.1, 0.15) is 70.8 Å². The molecule has 1 aromatic rings. The van der Waals surface area contributed by atoms with Crippen LogP contribution in [-0.4, -0.2) is 32.2 Å². The fourth-order valence-electron chi connectivity index (χ4n) is 7.96. The molecule has 1 aromatic heterocycles. The highest BCUT2D eigenvalue weighted by molar-refractivity contribution is 5.54. The predicted octanol–water partition coefficient (Wildman–Crippen LogP) is 4.18. The molecule has 4 aliphatic carbocycles. The number of nitrogens with zero attached hydrogens (tertiary/aromatic N) is 2.